The van der Waals surface area contributed by atoms with Gasteiger partial charge in [0.15, 0.2) is 0 Å². The molecule has 0 spiro atoms. The van der Waals surface area contributed by atoms with Gasteiger partial charge in [-0.3, -0.25) is 9.59 Å². The standard InChI is InChI=1S/C19H20N6O2/c1-20-18(26)12-15-7-9-16(10-8-15)22-19(27)17(25-13-21-23-24-25)11-14-5-3-2-4-6-14/h2-10,13,17H,11-12H2,1H3,(H,20,26)(H,22,27). The van der Waals surface area contributed by atoms with Gasteiger partial charge >= 0.3 is 0 Å². The van der Waals surface area contributed by atoms with Gasteiger partial charge < -0.3 is 10.6 Å². The molecule has 27 heavy (non-hydrogen) atoms. The van der Waals surface area contributed by atoms with E-state index in [9.17, 15) is 9.59 Å². The van der Waals surface area contributed by atoms with Crippen molar-refractivity contribution in [2.24, 2.45) is 0 Å². The highest BCUT2D eigenvalue weighted by atomic mass is 16.2. The molecule has 0 aliphatic heterocycles. The molecule has 1 heterocycles. The maximum Gasteiger partial charge on any atom is 0.249 e. The van der Waals surface area contributed by atoms with Gasteiger partial charge in [0, 0.05) is 19.2 Å². The van der Waals surface area contributed by atoms with E-state index in [0.717, 1.165) is 11.1 Å². The molecule has 0 saturated heterocycles. The normalized spacial score (nSPS) is 11.6. The monoisotopic (exact) mass is 364 g/mol. The molecule has 8 heteroatoms. The first-order valence-electron chi connectivity index (χ1n) is 8.52. The number of amides is 2. The van der Waals surface area contributed by atoms with E-state index in [1.807, 2.05) is 42.5 Å². The van der Waals surface area contributed by atoms with Crippen molar-refractivity contribution in [3.63, 3.8) is 0 Å². The summed E-state index contributed by atoms with van der Waals surface area (Å²) in [5, 5.41) is 16.6. The summed E-state index contributed by atoms with van der Waals surface area (Å²) in [5.41, 5.74) is 2.52. The molecule has 2 N–H and O–H groups in total. The average molecular weight is 364 g/mol. The van der Waals surface area contributed by atoms with E-state index in [0.29, 0.717) is 18.5 Å². The molecule has 0 saturated carbocycles. The maximum atomic E-state index is 12.8. The molecule has 0 fully saturated rings. The zero-order chi connectivity index (χ0) is 19.1. The molecule has 0 radical (unpaired) electrons. The summed E-state index contributed by atoms with van der Waals surface area (Å²) in [6.45, 7) is 0. The second-order valence-corrected chi connectivity index (χ2v) is 6.03. The largest absolute Gasteiger partial charge is 0.359 e. The zero-order valence-electron chi connectivity index (χ0n) is 14.9. The lowest BCUT2D eigenvalue weighted by molar-refractivity contribution is -0.120. The minimum absolute atomic E-state index is 0.0617. The SMILES string of the molecule is CNC(=O)Cc1ccc(NC(=O)C(Cc2ccccc2)n2cnnn2)cc1. The molecule has 2 aromatic carbocycles. The van der Waals surface area contributed by atoms with E-state index in [2.05, 4.69) is 26.2 Å². The molecule has 0 bridgehead atoms. The number of hydrogen-bond acceptors (Lipinski definition) is 5. The van der Waals surface area contributed by atoms with Crippen LogP contribution in [-0.4, -0.2) is 39.1 Å². The summed E-state index contributed by atoms with van der Waals surface area (Å²) < 4.78 is 1.45. The van der Waals surface area contributed by atoms with Crippen LogP contribution < -0.4 is 10.6 Å². The lowest BCUT2D eigenvalue weighted by Gasteiger charge is -2.16. The Morgan fingerprint density at radius 2 is 1.78 bits per heavy atom. The van der Waals surface area contributed by atoms with Gasteiger partial charge in [0.25, 0.3) is 0 Å². The molecule has 1 atom stereocenters. The smallest absolute Gasteiger partial charge is 0.249 e. The summed E-state index contributed by atoms with van der Waals surface area (Å²) in [6, 6.07) is 16.3. The van der Waals surface area contributed by atoms with Crippen molar-refractivity contribution in [2.75, 3.05) is 12.4 Å². The lowest BCUT2D eigenvalue weighted by atomic mass is 10.1. The van der Waals surface area contributed by atoms with Crippen LogP contribution in [0.5, 0.6) is 0 Å². The number of anilines is 1. The van der Waals surface area contributed by atoms with Gasteiger partial charge in [-0.1, -0.05) is 42.5 Å². The first-order valence-corrected chi connectivity index (χ1v) is 8.52. The van der Waals surface area contributed by atoms with E-state index in [-0.39, 0.29) is 11.8 Å². The summed E-state index contributed by atoms with van der Waals surface area (Å²) in [5.74, 6) is -0.279. The summed E-state index contributed by atoms with van der Waals surface area (Å²) in [4.78, 5) is 24.3. The van der Waals surface area contributed by atoms with Crippen molar-refractivity contribution in [3.05, 3.63) is 72.1 Å². The number of carbonyl (C=O) groups excluding carboxylic acids is 2. The van der Waals surface area contributed by atoms with Crippen LogP contribution in [-0.2, 0) is 22.4 Å². The highest BCUT2D eigenvalue weighted by Crippen LogP contribution is 2.17. The number of likely N-dealkylation sites (N-methyl/N-ethyl adjacent to an activating group) is 1. The van der Waals surface area contributed by atoms with Crippen LogP contribution in [0.25, 0.3) is 0 Å². The lowest BCUT2D eigenvalue weighted by Crippen LogP contribution is -2.28. The zero-order valence-corrected chi connectivity index (χ0v) is 14.9. The van der Waals surface area contributed by atoms with Crippen molar-refractivity contribution in [3.8, 4) is 0 Å². The minimum atomic E-state index is -0.576. The van der Waals surface area contributed by atoms with Crippen molar-refractivity contribution < 1.29 is 9.59 Å². The van der Waals surface area contributed by atoms with Gasteiger partial charge in [-0.2, -0.15) is 0 Å². The Balaban J connectivity index is 1.72. The molecular formula is C19H20N6O2. The molecule has 1 aromatic heterocycles. The highest BCUT2D eigenvalue weighted by molar-refractivity contribution is 5.93. The van der Waals surface area contributed by atoms with Crippen molar-refractivity contribution in [1.29, 1.82) is 0 Å². The number of nitrogens with zero attached hydrogens (tertiary/aromatic N) is 4. The van der Waals surface area contributed by atoms with Gasteiger partial charge in [-0.05, 0) is 33.7 Å². The number of aromatic nitrogens is 4. The average Bonchev–Trinajstić information content (AvgIpc) is 3.22. The predicted octanol–water partition coefficient (Wildman–Crippen LogP) is 1.38. The molecule has 0 aliphatic carbocycles. The van der Waals surface area contributed by atoms with E-state index in [1.54, 1.807) is 19.2 Å². The molecule has 2 amide bonds. The Morgan fingerprint density at radius 3 is 2.41 bits per heavy atom. The Kier molecular flexibility index (Phi) is 5.88. The molecule has 3 aromatic rings. The highest BCUT2D eigenvalue weighted by Gasteiger charge is 2.22. The Hall–Kier alpha value is -3.55. The van der Waals surface area contributed by atoms with Crippen LogP contribution in [0, 0.1) is 0 Å². The second kappa shape index (κ2) is 8.70. The van der Waals surface area contributed by atoms with Crippen molar-refractivity contribution in [2.45, 2.75) is 18.9 Å². The molecule has 1 unspecified atom stereocenters. The van der Waals surface area contributed by atoms with Crippen LogP contribution in [0.1, 0.15) is 17.2 Å². The van der Waals surface area contributed by atoms with Gasteiger partial charge in [0.2, 0.25) is 11.8 Å². The minimum Gasteiger partial charge on any atom is -0.359 e. The number of benzene rings is 2. The van der Waals surface area contributed by atoms with Crippen molar-refractivity contribution >= 4 is 17.5 Å². The second-order valence-electron chi connectivity index (χ2n) is 6.03. The van der Waals surface area contributed by atoms with E-state index < -0.39 is 6.04 Å². The molecule has 3 rings (SSSR count). The molecule has 0 aliphatic rings. The van der Waals surface area contributed by atoms with E-state index in [4.69, 9.17) is 0 Å². The number of nitrogens with one attached hydrogen (secondary N) is 2. The third-order valence-electron chi connectivity index (χ3n) is 4.12. The first kappa shape index (κ1) is 18.2. The molecule has 138 valence electrons. The predicted molar refractivity (Wildman–Crippen MR) is 99.8 cm³/mol. The van der Waals surface area contributed by atoms with E-state index >= 15 is 0 Å². The van der Waals surface area contributed by atoms with Gasteiger partial charge in [0.05, 0.1) is 6.42 Å². The van der Waals surface area contributed by atoms with Crippen LogP contribution in [0.3, 0.4) is 0 Å². The fourth-order valence-corrected chi connectivity index (χ4v) is 2.66. The number of tetrazole rings is 1. The van der Waals surface area contributed by atoms with Crippen LogP contribution in [0.15, 0.2) is 60.9 Å². The number of rotatable bonds is 7. The Labute approximate surface area is 156 Å². The third kappa shape index (κ3) is 4.97. The maximum absolute atomic E-state index is 12.8. The van der Waals surface area contributed by atoms with Gasteiger partial charge in [-0.25, -0.2) is 4.68 Å². The summed E-state index contributed by atoms with van der Waals surface area (Å²) in [7, 11) is 1.60. The van der Waals surface area contributed by atoms with Gasteiger partial charge in [-0.15, -0.1) is 5.10 Å². The topological polar surface area (TPSA) is 102 Å². The molecular weight excluding hydrogens is 344 g/mol. The number of carbonyl (C=O) groups is 2. The fraction of sp³-hybridized carbons (Fsp3) is 0.211. The summed E-state index contributed by atoms with van der Waals surface area (Å²) in [6.07, 6.45) is 2.19. The quantitative estimate of drug-likeness (QED) is 0.659. The first-order chi connectivity index (χ1) is 13.2. The third-order valence-corrected chi connectivity index (χ3v) is 4.12. The Bertz CT molecular complexity index is 878. The van der Waals surface area contributed by atoms with Crippen molar-refractivity contribution in [1.82, 2.24) is 25.5 Å². The number of hydrogen-bond donors (Lipinski definition) is 2. The summed E-state index contributed by atoms with van der Waals surface area (Å²) >= 11 is 0. The fourth-order valence-electron chi connectivity index (χ4n) is 2.66. The van der Waals surface area contributed by atoms with Crippen LogP contribution in [0.2, 0.25) is 0 Å². The van der Waals surface area contributed by atoms with Gasteiger partial charge in [0.1, 0.15) is 12.4 Å². The van der Waals surface area contributed by atoms with E-state index in [1.165, 1.54) is 11.0 Å². The van der Waals surface area contributed by atoms with Crippen LogP contribution in [0.4, 0.5) is 5.69 Å². The Morgan fingerprint density at radius 1 is 1.04 bits per heavy atom. The molecule has 8 nitrogen and oxygen atoms in total. The van der Waals surface area contributed by atoms with Crippen LogP contribution >= 0.6 is 0 Å².